The molecule has 2 aromatic rings. The predicted octanol–water partition coefficient (Wildman–Crippen LogP) is 3.23. The van der Waals surface area contributed by atoms with Crippen molar-refractivity contribution in [1.82, 2.24) is 4.98 Å². The first-order valence-corrected chi connectivity index (χ1v) is 7.02. The topological polar surface area (TPSA) is 48.1 Å². The molecule has 0 fully saturated rings. The number of benzene rings is 1. The summed E-state index contributed by atoms with van der Waals surface area (Å²) in [5.41, 5.74) is 8.86. The Morgan fingerprint density at radius 2 is 2.16 bits per heavy atom. The first-order valence-electron chi connectivity index (χ1n) is 6.22. The van der Waals surface area contributed by atoms with E-state index in [1.807, 2.05) is 37.3 Å². The summed E-state index contributed by atoms with van der Waals surface area (Å²) in [7, 11) is 0. The van der Waals surface area contributed by atoms with Crippen LogP contribution in [0.25, 0.3) is 0 Å². The number of hydrogen-bond donors (Lipinski definition) is 1. The van der Waals surface area contributed by atoms with Crippen LogP contribution in [0.2, 0.25) is 0 Å². The largest absolute Gasteiger partial charge is 0.487 e. The van der Waals surface area contributed by atoms with Gasteiger partial charge in [-0.2, -0.15) is 0 Å². The van der Waals surface area contributed by atoms with Crippen LogP contribution in [-0.4, -0.2) is 11.5 Å². The summed E-state index contributed by atoms with van der Waals surface area (Å²) in [6, 6.07) is 9.92. The summed E-state index contributed by atoms with van der Waals surface area (Å²) >= 11 is 3.52. The van der Waals surface area contributed by atoms with Gasteiger partial charge in [0.15, 0.2) is 0 Å². The second-order valence-electron chi connectivity index (χ2n) is 4.35. The minimum atomic E-state index is 0.483. The summed E-state index contributed by atoms with van der Waals surface area (Å²) in [4.78, 5) is 4.32. The number of nitrogens with two attached hydrogens (primary N) is 1. The smallest absolute Gasteiger partial charge is 0.130 e. The molecular weight excluding hydrogens is 304 g/mol. The third-order valence-electron chi connectivity index (χ3n) is 2.92. The molecule has 0 atom stereocenters. The maximum atomic E-state index is 5.79. The molecule has 0 aliphatic heterocycles. The van der Waals surface area contributed by atoms with E-state index in [1.165, 1.54) is 0 Å². The Hall–Kier alpha value is -1.39. The highest BCUT2D eigenvalue weighted by molar-refractivity contribution is 9.10. The number of ether oxygens (including phenoxy) is 1. The molecule has 0 saturated carbocycles. The average molecular weight is 321 g/mol. The zero-order valence-electron chi connectivity index (χ0n) is 10.9. The molecule has 0 aliphatic rings. The van der Waals surface area contributed by atoms with Crippen LogP contribution in [0.5, 0.6) is 5.75 Å². The average Bonchev–Trinajstić information content (AvgIpc) is 2.41. The number of hydrogen-bond acceptors (Lipinski definition) is 3. The van der Waals surface area contributed by atoms with Crippen LogP contribution in [0.4, 0.5) is 0 Å². The van der Waals surface area contributed by atoms with E-state index in [2.05, 4.69) is 20.9 Å². The van der Waals surface area contributed by atoms with Crippen molar-refractivity contribution in [2.24, 2.45) is 5.73 Å². The van der Waals surface area contributed by atoms with E-state index in [1.54, 1.807) is 6.20 Å². The summed E-state index contributed by atoms with van der Waals surface area (Å²) in [6.07, 6.45) is 2.62. The maximum Gasteiger partial charge on any atom is 0.130 e. The summed E-state index contributed by atoms with van der Waals surface area (Å²) in [5, 5.41) is 0. The van der Waals surface area contributed by atoms with Gasteiger partial charge in [-0.05, 0) is 55.3 Å². The lowest BCUT2D eigenvalue weighted by Gasteiger charge is -2.10. The van der Waals surface area contributed by atoms with Gasteiger partial charge in [-0.25, -0.2) is 0 Å². The Labute approximate surface area is 121 Å². The first kappa shape index (κ1) is 14.0. The number of rotatable bonds is 5. The molecule has 0 aliphatic carbocycles. The van der Waals surface area contributed by atoms with Crippen LogP contribution >= 0.6 is 15.9 Å². The Bertz CT molecular complexity index is 558. The van der Waals surface area contributed by atoms with E-state index in [0.29, 0.717) is 13.2 Å². The number of halogens is 1. The summed E-state index contributed by atoms with van der Waals surface area (Å²) in [5.74, 6) is 0.844. The maximum absolute atomic E-state index is 5.79. The molecule has 0 spiro atoms. The van der Waals surface area contributed by atoms with Crippen LogP contribution in [0, 0.1) is 6.92 Å². The lowest BCUT2D eigenvalue weighted by molar-refractivity contribution is 0.300. The van der Waals surface area contributed by atoms with Crippen LogP contribution in [-0.2, 0) is 13.0 Å². The van der Waals surface area contributed by atoms with Crippen molar-refractivity contribution in [3.8, 4) is 5.75 Å². The number of aryl methyl sites for hydroxylation is 1. The lowest BCUT2D eigenvalue weighted by Crippen LogP contribution is -2.04. The Kier molecular flexibility index (Phi) is 4.93. The zero-order valence-corrected chi connectivity index (χ0v) is 12.5. The zero-order chi connectivity index (χ0) is 13.7. The third-order valence-corrected chi connectivity index (χ3v) is 3.70. The lowest BCUT2D eigenvalue weighted by atomic mass is 10.1. The third kappa shape index (κ3) is 3.78. The van der Waals surface area contributed by atoms with Gasteiger partial charge in [0.2, 0.25) is 0 Å². The van der Waals surface area contributed by atoms with Crippen LogP contribution < -0.4 is 10.5 Å². The van der Waals surface area contributed by atoms with Gasteiger partial charge in [0.05, 0.1) is 5.69 Å². The van der Waals surface area contributed by atoms with Gasteiger partial charge in [0, 0.05) is 10.7 Å². The van der Waals surface area contributed by atoms with Gasteiger partial charge in [-0.1, -0.05) is 22.0 Å². The molecule has 3 nitrogen and oxygen atoms in total. The van der Waals surface area contributed by atoms with Crippen molar-refractivity contribution in [2.75, 3.05) is 6.54 Å². The Morgan fingerprint density at radius 1 is 1.32 bits per heavy atom. The molecule has 1 aromatic carbocycles. The number of aromatic nitrogens is 1. The van der Waals surface area contributed by atoms with Gasteiger partial charge < -0.3 is 10.5 Å². The molecule has 100 valence electrons. The molecule has 0 amide bonds. The van der Waals surface area contributed by atoms with E-state index < -0.39 is 0 Å². The van der Waals surface area contributed by atoms with Gasteiger partial charge >= 0.3 is 0 Å². The van der Waals surface area contributed by atoms with Gasteiger partial charge in [-0.3, -0.25) is 4.98 Å². The first-order chi connectivity index (χ1) is 9.20. The minimum absolute atomic E-state index is 0.483. The standard InChI is InChI=1S/C15H17BrN2O/c1-11-3-2-8-18-15(11)10-19-13-4-5-14(16)12(9-13)6-7-17/h2-5,8-9H,6-7,10,17H2,1H3. The normalized spacial score (nSPS) is 10.5. The minimum Gasteiger partial charge on any atom is -0.487 e. The highest BCUT2D eigenvalue weighted by Gasteiger charge is 2.04. The number of pyridine rings is 1. The molecule has 0 unspecified atom stereocenters. The molecule has 1 heterocycles. The molecule has 0 bridgehead atoms. The van der Waals surface area contributed by atoms with Gasteiger partial charge in [-0.15, -0.1) is 0 Å². The van der Waals surface area contributed by atoms with Gasteiger partial charge in [0.1, 0.15) is 12.4 Å². The fourth-order valence-corrected chi connectivity index (χ4v) is 2.25. The molecule has 0 saturated heterocycles. The molecule has 19 heavy (non-hydrogen) atoms. The quantitative estimate of drug-likeness (QED) is 0.920. The Balaban J connectivity index is 2.07. The fourth-order valence-electron chi connectivity index (χ4n) is 1.81. The van der Waals surface area contributed by atoms with Crippen molar-refractivity contribution < 1.29 is 4.74 Å². The molecule has 0 radical (unpaired) electrons. The molecule has 2 N–H and O–H groups in total. The molecule has 1 aromatic heterocycles. The second-order valence-corrected chi connectivity index (χ2v) is 5.20. The van der Waals surface area contributed by atoms with Crippen molar-refractivity contribution in [2.45, 2.75) is 20.0 Å². The van der Waals surface area contributed by atoms with E-state index in [0.717, 1.165) is 33.5 Å². The molecular formula is C15H17BrN2O. The van der Waals surface area contributed by atoms with Gasteiger partial charge in [0.25, 0.3) is 0 Å². The van der Waals surface area contributed by atoms with E-state index in [-0.39, 0.29) is 0 Å². The SMILES string of the molecule is Cc1cccnc1COc1ccc(Br)c(CCN)c1. The van der Waals surface area contributed by atoms with Crippen LogP contribution in [0.1, 0.15) is 16.8 Å². The highest BCUT2D eigenvalue weighted by Crippen LogP contribution is 2.23. The molecule has 2 rings (SSSR count). The van der Waals surface area contributed by atoms with E-state index in [9.17, 15) is 0 Å². The predicted molar refractivity (Wildman–Crippen MR) is 80.2 cm³/mol. The highest BCUT2D eigenvalue weighted by atomic mass is 79.9. The van der Waals surface area contributed by atoms with E-state index >= 15 is 0 Å². The summed E-state index contributed by atoms with van der Waals surface area (Å²) in [6.45, 7) is 3.14. The molecule has 4 heteroatoms. The van der Waals surface area contributed by atoms with Crippen molar-refractivity contribution in [3.05, 3.63) is 57.8 Å². The van der Waals surface area contributed by atoms with Crippen molar-refractivity contribution in [3.63, 3.8) is 0 Å². The fraction of sp³-hybridized carbons (Fsp3) is 0.267. The monoisotopic (exact) mass is 320 g/mol. The Morgan fingerprint density at radius 3 is 2.89 bits per heavy atom. The second kappa shape index (κ2) is 6.68. The van der Waals surface area contributed by atoms with Crippen LogP contribution in [0.15, 0.2) is 41.0 Å². The number of nitrogens with zero attached hydrogens (tertiary/aromatic N) is 1. The van der Waals surface area contributed by atoms with Crippen LogP contribution in [0.3, 0.4) is 0 Å². The van der Waals surface area contributed by atoms with Crippen molar-refractivity contribution >= 4 is 15.9 Å². The van der Waals surface area contributed by atoms with E-state index in [4.69, 9.17) is 10.5 Å². The summed E-state index contributed by atoms with van der Waals surface area (Å²) < 4.78 is 6.86. The van der Waals surface area contributed by atoms with Crippen molar-refractivity contribution in [1.29, 1.82) is 0 Å².